The van der Waals surface area contributed by atoms with Crippen molar-refractivity contribution >= 4 is 44.9 Å². The Morgan fingerprint density at radius 3 is 2.55 bits per heavy atom. The summed E-state index contributed by atoms with van der Waals surface area (Å²) in [7, 11) is 0. The minimum atomic E-state index is -1.22. The van der Waals surface area contributed by atoms with Crippen molar-refractivity contribution in [2.75, 3.05) is 6.61 Å². The number of benzene rings is 1. The standard InChI is InChI=1S/C16H16BrClO4/c1-2-8-22-16-10(17)7-6-9(14(16)18)15(21)13-11(19)4-3-5-12(13)20/h6-7,13H,2-5,8H2,1H3. The van der Waals surface area contributed by atoms with Gasteiger partial charge in [-0.25, -0.2) is 0 Å². The Labute approximate surface area is 142 Å². The van der Waals surface area contributed by atoms with E-state index in [1.165, 1.54) is 6.07 Å². The molecular weight excluding hydrogens is 372 g/mol. The van der Waals surface area contributed by atoms with E-state index in [-0.39, 0.29) is 35.0 Å². The summed E-state index contributed by atoms with van der Waals surface area (Å²) < 4.78 is 6.18. The van der Waals surface area contributed by atoms with Gasteiger partial charge in [0.1, 0.15) is 5.92 Å². The van der Waals surface area contributed by atoms with E-state index in [4.69, 9.17) is 16.3 Å². The molecule has 0 N–H and O–H groups in total. The number of carbonyl (C=O) groups excluding carboxylic acids is 3. The van der Waals surface area contributed by atoms with Gasteiger partial charge in [0.05, 0.1) is 16.1 Å². The highest BCUT2D eigenvalue weighted by Gasteiger charge is 2.37. The van der Waals surface area contributed by atoms with Crippen molar-refractivity contribution in [1.82, 2.24) is 0 Å². The summed E-state index contributed by atoms with van der Waals surface area (Å²) in [6, 6.07) is 3.16. The fourth-order valence-electron chi connectivity index (χ4n) is 2.41. The molecule has 6 heteroatoms. The smallest absolute Gasteiger partial charge is 0.182 e. The first-order valence-corrected chi connectivity index (χ1v) is 8.35. The molecule has 0 atom stereocenters. The Morgan fingerprint density at radius 1 is 1.32 bits per heavy atom. The number of hydrogen-bond acceptors (Lipinski definition) is 4. The number of Topliss-reactive ketones (excluding diaryl/α,β-unsaturated/α-hetero) is 3. The van der Waals surface area contributed by atoms with Crippen LogP contribution in [-0.2, 0) is 9.59 Å². The highest BCUT2D eigenvalue weighted by molar-refractivity contribution is 9.10. The summed E-state index contributed by atoms with van der Waals surface area (Å²) in [5.74, 6) is -2.03. The maximum absolute atomic E-state index is 12.6. The molecule has 0 amide bonds. The van der Waals surface area contributed by atoms with Crippen LogP contribution < -0.4 is 4.74 Å². The van der Waals surface area contributed by atoms with E-state index in [0.29, 0.717) is 23.2 Å². The lowest BCUT2D eigenvalue weighted by atomic mass is 9.81. The van der Waals surface area contributed by atoms with Gasteiger partial charge in [-0.15, -0.1) is 0 Å². The molecule has 1 aliphatic rings. The highest BCUT2D eigenvalue weighted by atomic mass is 79.9. The molecule has 1 aromatic rings. The SMILES string of the molecule is CCCOc1c(Br)ccc(C(=O)C2C(=O)CCCC2=O)c1Cl. The van der Waals surface area contributed by atoms with Crippen LogP contribution in [0.15, 0.2) is 16.6 Å². The zero-order valence-electron chi connectivity index (χ0n) is 12.2. The number of ether oxygens (including phenoxy) is 1. The first-order chi connectivity index (χ1) is 10.5. The van der Waals surface area contributed by atoms with E-state index in [2.05, 4.69) is 15.9 Å². The summed E-state index contributed by atoms with van der Waals surface area (Å²) in [6.07, 6.45) is 1.83. The first-order valence-electron chi connectivity index (χ1n) is 7.17. The molecule has 1 aliphatic carbocycles. The van der Waals surface area contributed by atoms with Gasteiger partial charge in [0.15, 0.2) is 23.1 Å². The van der Waals surface area contributed by atoms with Gasteiger partial charge < -0.3 is 4.74 Å². The number of halogens is 2. The van der Waals surface area contributed by atoms with Gasteiger partial charge in [-0.2, -0.15) is 0 Å². The molecule has 118 valence electrons. The predicted molar refractivity (Wildman–Crippen MR) is 86.6 cm³/mol. The molecule has 0 unspecified atom stereocenters. The number of carbonyl (C=O) groups is 3. The molecule has 4 nitrogen and oxygen atoms in total. The van der Waals surface area contributed by atoms with Crippen LogP contribution in [0.5, 0.6) is 5.75 Å². The van der Waals surface area contributed by atoms with Gasteiger partial charge in [-0.05, 0) is 40.9 Å². The second-order valence-corrected chi connectivity index (χ2v) is 6.40. The molecule has 1 fully saturated rings. The summed E-state index contributed by atoms with van der Waals surface area (Å²) >= 11 is 9.59. The Bertz CT molecular complexity index is 611. The normalized spacial score (nSPS) is 16.0. The maximum atomic E-state index is 12.6. The Morgan fingerprint density at radius 2 is 1.95 bits per heavy atom. The van der Waals surface area contributed by atoms with Gasteiger partial charge in [0.25, 0.3) is 0 Å². The average molecular weight is 388 g/mol. The predicted octanol–water partition coefficient (Wildman–Crippen LogP) is 4.01. The van der Waals surface area contributed by atoms with E-state index in [1.54, 1.807) is 6.07 Å². The van der Waals surface area contributed by atoms with Gasteiger partial charge in [-0.1, -0.05) is 18.5 Å². The van der Waals surface area contributed by atoms with Gasteiger partial charge in [-0.3, -0.25) is 14.4 Å². The average Bonchev–Trinajstić information content (AvgIpc) is 2.47. The zero-order valence-corrected chi connectivity index (χ0v) is 14.5. The van der Waals surface area contributed by atoms with Crippen LogP contribution >= 0.6 is 27.5 Å². The van der Waals surface area contributed by atoms with Crippen molar-refractivity contribution < 1.29 is 19.1 Å². The molecule has 1 saturated carbocycles. The lowest BCUT2D eigenvalue weighted by Gasteiger charge is -2.19. The fourth-order valence-corrected chi connectivity index (χ4v) is 3.28. The first kappa shape index (κ1) is 17.2. The molecule has 2 rings (SSSR count). The van der Waals surface area contributed by atoms with Crippen molar-refractivity contribution in [2.45, 2.75) is 32.6 Å². The van der Waals surface area contributed by atoms with Crippen molar-refractivity contribution in [3.05, 3.63) is 27.2 Å². The fraction of sp³-hybridized carbons (Fsp3) is 0.438. The lowest BCUT2D eigenvalue weighted by Crippen LogP contribution is -2.35. The Kier molecular flexibility index (Phi) is 5.75. The van der Waals surface area contributed by atoms with E-state index >= 15 is 0 Å². The highest BCUT2D eigenvalue weighted by Crippen LogP contribution is 2.37. The number of rotatable bonds is 5. The van der Waals surface area contributed by atoms with Crippen molar-refractivity contribution in [3.63, 3.8) is 0 Å². The summed E-state index contributed by atoms with van der Waals surface area (Å²) in [5, 5.41) is 0.138. The number of hydrogen-bond donors (Lipinski definition) is 0. The summed E-state index contributed by atoms with van der Waals surface area (Å²) in [5.41, 5.74) is 0.157. The molecule has 0 aliphatic heterocycles. The molecule has 0 heterocycles. The monoisotopic (exact) mass is 386 g/mol. The van der Waals surface area contributed by atoms with Crippen LogP contribution in [0.2, 0.25) is 5.02 Å². The van der Waals surface area contributed by atoms with Crippen LogP contribution in [-0.4, -0.2) is 24.0 Å². The van der Waals surface area contributed by atoms with E-state index < -0.39 is 11.7 Å². The largest absolute Gasteiger partial charge is 0.491 e. The Balaban J connectivity index is 2.37. The topological polar surface area (TPSA) is 60.4 Å². The van der Waals surface area contributed by atoms with Gasteiger partial charge >= 0.3 is 0 Å². The van der Waals surface area contributed by atoms with Crippen molar-refractivity contribution in [1.29, 1.82) is 0 Å². The van der Waals surface area contributed by atoms with Crippen molar-refractivity contribution in [3.8, 4) is 5.75 Å². The molecule has 0 saturated heterocycles. The molecule has 22 heavy (non-hydrogen) atoms. The van der Waals surface area contributed by atoms with E-state index in [1.807, 2.05) is 6.92 Å². The van der Waals surface area contributed by atoms with E-state index in [0.717, 1.165) is 6.42 Å². The van der Waals surface area contributed by atoms with Crippen LogP contribution in [0.3, 0.4) is 0 Å². The zero-order chi connectivity index (χ0) is 16.3. The molecule has 1 aromatic carbocycles. The molecule has 0 bridgehead atoms. The van der Waals surface area contributed by atoms with Gasteiger partial charge in [0.2, 0.25) is 0 Å². The molecule has 0 spiro atoms. The molecule has 0 aromatic heterocycles. The van der Waals surface area contributed by atoms with Crippen LogP contribution in [0.4, 0.5) is 0 Å². The van der Waals surface area contributed by atoms with Crippen LogP contribution in [0.1, 0.15) is 43.0 Å². The third kappa shape index (κ3) is 3.41. The minimum Gasteiger partial charge on any atom is -0.491 e. The van der Waals surface area contributed by atoms with Crippen LogP contribution in [0, 0.1) is 5.92 Å². The second kappa shape index (κ2) is 7.38. The number of ketones is 3. The van der Waals surface area contributed by atoms with Gasteiger partial charge in [0, 0.05) is 18.4 Å². The lowest BCUT2D eigenvalue weighted by molar-refractivity contribution is -0.133. The third-order valence-corrected chi connectivity index (χ3v) is 4.52. The Hall–Kier alpha value is -1.20. The second-order valence-electron chi connectivity index (χ2n) is 5.17. The molecule has 0 radical (unpaired) electrons. The van der Waals surface area contributed by atoms with Crippen LogP contribution in [0.25, 0.3) is 0 Å². The molecular formula is C16H16BrClO4. The minimum absolute atomic E-state index is 0.138. The summed E-state index contributed by atoms with van der Waals surface area (Å²) in [6.45, 7) is 2.41. The quantitative estimate of drug-likeness (QED) is 0.566. The third-order valence-electron chi connectivity index (χ3n) is 3.52. The maximum Gasteiger partial charge on any atom is 0.182 e. The van der Waals surface area contributed by atoms with E-state index in [9.17, 15) is 14.4 Å². The van der Waals surface area contributed by atoms with Crippen molar-refractivity contribution in [2.24, 2.45) is 5.92 Å². The summed E-state index contributed by atoms with van der Waals surface area (Å²) in [4.78, 5) is 36.4.